The van der Waals surface area contributed by atoms with Gasteiger partial charge in [0, 0.05) is 12.6 Å². The molecular weight excluding hydrogens is 314 g/mol. The third-order valence-corrected chi connectivity index (χ3v) is 4.45. The van der Waals surface area contributed by atoms with Crippen molar-refractivity contribution >= 4 is 17.4 Å². The molecule has 3 rings (SSSR count). The van der Waals surface area contributed by atoms with Gasteiger partial charge in [-0.15, -0.1) is 0 Å². The van der Waals surface area contributed by atoms with Crippen LogP contribution in [0, 0.1) is 6.92 Å². The van der Waals surface area contributed by atoms with Crippen molar-refractivity contribution in [3.63, 3.8) is 0 Å². The second-order valence-electron chi connectivity index (χ2n) is 6.23. The lowest BCUT2D eigenvalue weighted by Crippen LogP contribution is -2.01. The number of nitrogens with zero attached hydrogens (tertiary/aromatic N) is 1. The van der Waals surface area contributed by atoms with Crippen molar-refractivity contribution in [3.05, 3.63) is 119 Å². The standard InChI is InChI=1S/C25H23N/c1-19-18-23(20(2)22-12-8-5-9-13-22)15-16-24(19)25(26-3)17-14-21-10-6-4-7-11-21/h4-18H,2H2,1,3H3/b17-14+,26-25?. The summed E-state index contributed by atoms with van der Waals surface area (Å²) in [5.41, 5.74) is 7.80. The highest BCUT2D eigenvalue weighted by molar-refractivity contribution is 6.11. The second-order valence-corrected chi connectivity index (χ2v) is 6.23. The number of hydrogen-bond donors (Lipinski definition) is 0. The van der Waals surface area contributed by atoms with Gasteiger partial charge in [0.05, 0.1) is 5.71 Å². The number of allylic oxidation sites excluding steroid dienone is 1. The quantitative estimate of drug-likeness (QED) is 0.492. The van der Waals surface area contributed by atoms with Crippen molar-refractivity contribution in [3.8, 4) is 0 Å². The van der Waals surface area contributed by atoms with Gasteiger partial charge in [-0.2, -0.15) is 0 Å². The van der Waals surface area contributed by atoms with Crippen LogP contribution in [0.5, 0.6) is 0 Å². The third kappa shape index (κ3) is 4.07. The molecule has 3 aromatic rings. The van der Waals surface area contributed by atoms with Crippen molar-refractivity contribution in [2.75, 3.05) is 7.05 Å². The minimum absolute atomic E-state index is 0.975. The molecule has 0 atom stereocenters. The van der Waals surface area contributed by atoms with Gasteiger partial charge in [0.2, 0.25) is 0 Å². The monoisotopic (exact) mass is 337 g/mol. The fourth-order valence-corrected chi connectivity index (χ4v) is 2.97. The van der Waals surface area contributed by atoms with Crippen LogP contribution in [0.1, 0.15) is 27.8 Å². The predicted molar refractivity (Wildman–Crippen MR) is 114 cm³/mol. The lowest BCUT2D eigenvalue weighted by atomic mass is 9.94. The number of benzene rings is 3. The number of aryl methyl sites for hydroxylation is 1. The molecule has 0 amide bonds. The van der Waals surface area contributed by atoms with Crippen LogP contribution in [0.4, 0.5) is 0 Å². The Labute approximate surface area is 156 Å². The summed E-state index contributed by atoms with van der Waals surface area (Å²) < 4.78 is 0. The van der Waals surface area contributed by atoms with Gasteiger partial charge in [-0.25, -0.2) is 0 Å². The lowest BCUT2D eigenvalue weighted by Gasteiger charge is -2.11. The van der Waals surface area contributed by atoms with E-state index < -0.39 is 0 Å². The van der Waals surface area contributed by atoms with Crippen LogP contribution in [0.2, 0.25) is 0 Å². The van der Waals surface area contributed by atoms with Crippen molar-refractivity contribution in [2.45, 2.75) is 6.92 Å². The SMILES string of the molecule is C=C(c1ccccc1)c1ccc(C(/C=C/c2ccccc2)=NC)c(C)c1. The van der Waals surface area contributed by atoms with E-state index in [1.54, 1.807) is 0 Å². The van der Waals surface area contributed by atoms with Crippen LogP contribution in [-0.2, 0) is 0 Å². The van der Waals surface area contributed by atoms with E-state index in [1.165, 1.54) is 11.1 Å². The van der Waals surface area contributed by atoms with Crippen molar-refractivity contribution in [2.24, 2.45) is 4.99 Å². The summed E-state index contributed by atoms with van der Waals surface area (Å²) in [5, 5.41) is 0. The molecule has 0 aromatic heterocycles. The zero-order chi connectivity index (χ0) is 18.4. The number of rotatable bonds is 5. The smallest absolute Gasteiger partial charge is 0.0646 e. The normalized spacial score (nSPS) is 11.7. The first-order valence-electron chi connectivity index (χ1n) is 8.74. The van der Waals surface area contributed by atoms with E-state index in [2.05, 4.69) is 73.1 Å². The van der Waals surface area contributed by atoms with Crippen LogP contribution in [0.25, 0.3) is 11.6 Å². The Morgan fingerprint density at radius 3 is 2.12 bits per heavy atom. The molecule has 0 fully saturated rings. The van der Waals surface area contributed by atoms with Gasteiger partial charge in [0.25, 0.3) is 0 Å². The molecule has 0 heterocycles. The van der Waals surface area contributed by atoms with Gasteiger partial charge < -0.3 is 0 Å². The molecule has 0 saturated heterocycles. The fraction of sp³-hybridized carbons (Fsp3) is 0.0800. The zero-order valence-corrected chi connectivity index (χ0v) is 15.3. The minimum Gasteiger partial charge on any atom is -0.288 e. The molecule has 1 nitrogen and oxygen atoms in total. The van der Waals surface area contributed by atoms with Crippen LogP contribution < -0.4 is 0 Å². The lowest BCUT2D eigenvalue weighted by molar-refractivity contribution is 1.38. The minimum atomic E-state index is 0.975. The third-order valence-electron chi connectivity index (χ3n) is 4.45. The molecule has 0 radical (unpaired) electrons. The molecule has 0 N–H and O–H groups in total. The summed E-state index contributed by atoms with van der Waals surface area (Å²) in [4.78, 5) is 4.47. The van der Waals surface area contributed by atoms with Gasteiger partial charge in [0.1, 0.15) is 0 Å². The second kappa shape index (κ2) is 8.26. The van der Waals surface area contributed by atoms with Crippen molar-refractivity contribution in [1.29, 1.82) is 0 Å². The summed E-state index contributed by atoms with van der Waals surface area (Å²) in [6.07, 6.45) is 4.17. The van der Waals surface area contributed by atoms with E-state index in [4.69, 9.17) is 0 Å². The Morgan fingerprint density at radius 2 is 1.50 bits per heavy atom. The first-order valence-corrected chi connectivity index (χ1v) is 8.74. The van der Waals surface area contributed by atoms with Crippen molar-refractivity contribution < 1.29 is 0 Å². The molecular formula is C25H23N. The molecule has 128 valence electrons. The first-order chi connectivity index (χ1) is 12.7. The van der Waals surface area contributed by atoms with Crippen LogP contribution >= 0.6 is 0 Å². The molecule has 1 heteroatoms. The molecule has 0 aliphatic rings. The average Bonchev–Trinajstić information content (AvgIpc) is 2.70. The van der Waals surface area contributed by atoms with Crippen LogP contribution in [0.15, 0.2) is 96.5 Å². The summed E-state index contributed by atoms with van der Waals surface area (Å²) in [6, 6.07) is 27.0. The summed E-state index contributed by atoms with van der Waals surface area (Å²) in [5.74, 6) is 0. The summed E-state index contributed by atoms with van der Waals surface area (Å²) >= 11 is 0. The molecule has 0 aliphatic carbocycles. The molecule has 0 bridgehead atoms. The average molecular weight is 337 g/mol. The Morgan fingerprint density at radius 1 is 0.846 bits per heavy atom. The molecule has 0 aliphatic heterocycles. The van der Waals surface area contributed by atoms with E-state index in [9.17, 15) is 0 Å². The molecule has 0 unspecified atom stereocenters. The van der Waals surface area contributed by atoms with Crippen LogP contribution in [0.3, 0.4) is 0 Å². The topological polar surface area (TPSA) is 12.4 Å². The molecule has 0 saturated carbocycles. The molecule has 0 spiro atoms. The Hall–Kier alpha value is -3.19. The maximum absolute atomic E-state index is 4.47. The Kier molecular flexibility index (Phi) is 5.60. The summed E-state index contributed by atoms with van der Waals surface area (Å²) in [6.45, 7) is 6.39. The molecule has 3 aromatic carbocycles. The van der Waals surface area contributed by atoms with E-state index in [-0.39, 0.29) is 0 Å². The van der Waals surface area contributed by atoms with Gasteiger partial charge in [-0.05, 0) is 40.8 Å². The number of aliphatic imine (C=N–C) groups is 1. The Bertz CT molecular complexity index is 948. The van der Waals surface area contributed by atoms with Gasteiger partial charge in [-0.1, -0.05) is 91.5 Å². The van der Waals surface area contributed by atoms with Gasteiger partial charge >= 0.3 is 0 Å². The largest absolute Gasteiger partial charge is 0.288 e. The first kappa shape index (κ1) is 17.6. The van der Waals surface area contributed by atoms with Crippen molar-refractivity contribution in [1.82, 2.24) is 0 Å². The van der Waals surface area contributed by atoms with Crippen LogP contribution in [-0.4, -0.2) is 12.8 Å². The predicted octanol–water partition coefficient (Wildman–Crippen LogP) is 6.19. The van der Waals surface area contributed by atoms with E-state index in [0.717, 1.165) is 28.0 Å². The molecule has 26 heavy (non-hydrogen) atoms. The van der Waals surface area contributed by atoms with E-state index in [0.29, 0.717) is 0 Å². The maximum atomic E-state index is 4.47. The summed E-state index contributed by atoms with van der Waals surface area (Å²) in [7, 11) is 1.83. The highest BCUT2D eigenvalue weighted by Gasteiger charge is 2.07. The van der Waals surface area contributed by atoms with E-state index >= 15 is 0 Å². The highest BCUT2D eigenvalue weighted by atomic mass is 14.7. The number of hydrogen-bond acceptors (Lipinski definition) is 1. The fourth-order valence-electron chi connectivity index (χ4n) is 2.97. The van der Waals surface area contributed by atoms with Gasteiger partial charge in [-0.3, -0.25) is 4.99 Å². The zero-order valence-electron chi connectivity index (χ0n) is 15.3. The Balaban J connectivity index is 1.87. The maximum Gasteiger partial charge on any atom is 0.0646 e. The van der Waals surface area contributed by atoms with Gasteiger partial charge in [0.15, 0.2) is 0 Å². The highest BCUT2D eigenvalue weighted by Crippen LogP contribution is 2.24. The van der Waals surface area contributed by atoms with E-state index in [1.807, 2.05) is 43.4 Å².